The molecule has 0 aliphatic heterocycles. The zero-order chi connectivity index (χ0) is 25.8. The van der Waals surface area contributed by atoms with Crippen molar-refractivity contribution in [2.45, 2.75) is 86.5 Å². The molecule has 4 nitrogen and oxygen atoms in total. The molecule has 0 aromatic heterocycles. The van der Waals surface area contributed by atoms with Crippen LogP contribution in [0.1, 0.15) is 86.5 Å². The molecule has 0 N–H and O–H groups in total. The molecule has 0 bridgehead atoms. The Hall–Kier alpha value is -1.97. The Bertz CT molecular complexity index is 1130. The minimum absolute atomic E-state index is 0.0137. The first-order valence-electron chi connectivity index (χ1n) is 13.6. The number of rotatable bonds is 1. The zero-order valence-electron chi connectivity index (χ0n) is 23.0. The van der Waals surface area contributed by atoms with Gasteiger partial charge in [-0.05, 0) is 84.3 Å². The first-order chi connectivity index (χ1) is 16.1. The van der Waals surface area contributed by atoms with Crippen LogP contribution in [0.4, 0.5) is 0 Å². The maximum absolute atomic E-state index is 13.3. The lowest BCUT2D eigenvalue weighted by molar-refractivity contribution is -0.173. The Kier molecular flexibility index (Phi) is 5.15. The third-order valence-electron chi connectivity index (χ3n) is 11.9. The van der Waals surface area contributed by atoms with Crippen molar-refractivity contribution in [2.24, 2.45) is 38.9 Å². The van der Waals surface area contributed by atoms with Gasteiger partial charge in [0.05, 0.1) is 0 Å². The molecule has 3 saturated carbocycles. The van der Waals surface area contributed by atoms with E-state index in [4.69, 9.17) is 0 Å². The van der Waals surface area contributed by atoms with Crippen molar-refractivity contribution in [3.63, 3.8) is 0 Å². The van der Waals surface area contributed by atoms with Crippen LogP contribution in [0, 0.1) is 38.9 Å². The number of nitrogens with zero attached hydrogens (tertiary/aromatic N) is 1. The van der Waals surface area contributed by atoms with E-state index in [2.05, 4.69) is 46.8 Å². The molecule has 3 fully saturated rings. The number of carbonyl (C=O) groups excluding carboxylic acids is 3. The van der Waals surface area contributed by atoms with Crippen molar-refractivity contribution in [1.29, 1.82) is 0 Å². The Balaban J connectivity index is 1.61. The van der Waals surface area contributed by atoms with Crippen molar-refractivity contribution in [3.8, 4) is 0 Å². The van der Waals surface area contributed by atoms with Gasteiger partial charge >= 0.3 is 0 Å². The maximum Gasteiger partial charge on any atom is 0.227 e. The third kappa shape index (κ3) is 3.01. The minimum atomic E-state index is -0.357. The number of hydrogen-bond donors (Lipinski definition) is 0. The number of fused-ring (bicyclic) bond motifs is 7. The van der Waals surface area contributed by atoms with Gasteiger partial charge in [-0.1, -0.05) is 59.3 Å². The van der Waals surface area contributed by atoms with Gasteiger partial charge < -0.3 is 4.90 Å². The second-order valence-electron chi connectivity index (χ2n) is 14.0. The largest absolute Gasteiger partial charge is 0.348 e. The van der Waals surface area contributed by atoms with E-state index in [0.717, 1.165) is 49.7 Å². The Morgan fingerprint density at radius 3 is 2.23 bits per heavy atom. The molecule has 1 unspecified atom stereocenters. The van der Waals surface area contributed by atoms with Crippen LogP contribution >= 0.6 is 0 Å². The van der Waals surface area contributed by atoms with Gasteiger partial charge in [0.2, 0.25) is 17.5 Å². The van der Waals surface area contributed by atoms with Crippen molar-refractivity contribution < 1.29 is 14.4 Å². The molecule has 5 aliphatic carbocycles. The van der Waals surface area contributed by atoms with Gasteiger partial charge in [-0.3, -0.25) is 14.4 Å². The van der Waals surface area contributed by atoms with Crippen LogP contribution in [-0.2, 0) is 14.4 Å². The van der Waals surface area contributed by atoms with E-state index in [1.54, 1.807) is 11.0 Å². The van der Waals surface area contributed by atoms with Crippen LogP contribution in [0.5, 0.6) is 0 Å². The van der Waals surface area contributed by atoms with Crippen molar-refractivity contribution >= 4 is 17.5 Å². The summed E-state index contributed by atoms with van der Waals surface area (Å²) in [5.74, 6) is -0.247. The lowest BCUT2D eigenvalue weighted by Gasteiger charge is -2.70. The fraction of sp³-hybridized carbons (Fsp3) is 0.710. The summed E-state index contributed by atoms with van der Waals surface area (Å²) in [6.45, 7) is 13.8. The lowest BCUT2D eigenvalue weighted by atomic mass is 9.34. The van der Waals surface area contributed by atoms with Crippen LogP contribution in [0.2, 0.25) is 0 Å². The summed E-state index contributed by atoms with van der Waals surface area (Å²) < 4.78 is 0. The van der Waals surface area contributed by atoms with E-state index in [1.165, 1.54) is 12.0 Å². The number of amides is 1. The van der Waals surface area contributed by atoms with Gasteiger partial charge in [0.25, 0.3) is 0 Å². The standard InChI is InChI=1S/C31H43NO3/c1-19-20-9-10-23-29(4,21(20)17-22(33)25(19)34)14-16-31(6)24-18-28(3,26(35)32(7)8)12-11-27(24,2)13-15-30(23,31)5/h9-10,17,19,24H,11-16,18H2,1-8H3/t19?,24-,27-,28-,29+,30-,31+/m1/s1. The molecule has 35 heavy (non-hydrogen) atoms. The topological polar surface area (TPSA) is 54.5 Å². The number of ketones is 2. The fourth-order valence-electron chi connectivity index (χ4n) is 9.32. The highest BCUT2D eigenvalue weighted by molar-refractivity contribution is 6.44. The van der Waals surface area contributed by atoms with Crippen LogP contribution in [0.25, 0.3) is 0 Å². The predicted molar refractivity (Wildman–Crippen MR) is 138 cm³/mol. The molecule has 0 heterocycles. The highest BCUT2D eigenvalue weighted by Crippen LogP contribution is 2.75. The highest BCUT2D eigenvalue weighted by Gasteiger charge is 2.67. The Labute approximate surface area is 211 Å². The maximum atomic E-state index is 13.3. The normalized spacial score (nSPS) is 46.8. The van der Waals surface area contributed by atoms with Gasteiger partial charge in [-0.15, -0.1) is 0 Å². The molecule has 5 aliphatic rings. The average molecular weight is 478 g/mol. The number of allylic oxidation sites excluding steroid dienone is 6. The second-order valence-corrected chi connectivity index (χ2v) is 14.0. The summed E-state index contributed by atoms with van der Waals surface area (Å²) in [6.07, 6.45) is 13.5. The van der Waals surface area contributed by atoms with Gasteiger partial charge in [0.15, 0.2) is 0 Å². The molecular formula is C31H43NO3. The molecule has 0 saturated heterocycles. The van der Waals surface area contributed by atoms with Gasteiger partial charge in [-0.25, -0.2) is 0 Å². The smallest absolute Gasteiger partial charge is 0.227 e. The minimum Gasteiger partial charge on any atom is -0.348 e. The fourth-order valence-corrected chi connectivity index (χ4v) is 9.32. The summed E-state index contributed by atoms with van der Waals surface area (Å²) in [7, 11) is 3.78. The van der Waals surface area contributed by atoms with Crippen LogP contribution in [0.15, 0.2) is 34.9 Å². The highest BCUT2D eigenvalue weighted by atomic mass is 16.2. The zero-order valence-corrected chi connectivity index (χ0v) is 23.0. The molecule has 0 spiro atoms. The lowest BCUT2D eigenvalue weighted by Crippen LogP contribution is -2.62. The molecule has 190 valence electrons. The third-order valence-corrected chi connectivity index (χ3v) is 11.9. The number of hydrogen-bond acceptors (Lipinski definition) is 3. The average Bonchev–Trinajstić information content (AvgIpc) is 2.80. The van der Waals surface area contributed by atoms with Crippen LogP contribution < -0.4 is 0 Å². The quantitative estimate of drug-likeness (QED) is 0.431. The van der Waals surface area contributed by atoms with E-state index in [9.17, 15) is 14.4 Å². The summed E-state index contributed by atoms with van der Waals surface area (Å²) in [5, 5.41) is 0. The molecule has 1 amide bonds. The van der Waals surface area contributed by atoms with E-state index in [0.29, 0.717) is 5.92 Å². The monoisotopic (exact) mass is 477 g/mol. The summed E-state index contributed by atoms with van der Waals surface area (Å²) >= 11 is 0. The Morgan fingerprint density at radius 1 is 0.914 bits per heavy atom. The van der Waals surface area contributed by atoms with Crippen LogP contribution in [0.3, 0.4) is 0 Å². The first-order valence-corrected chi connectivity index (χ1v) is 13.6. The second kappa shape index (κ2) is 7.29. The van der Waals surface area contributed by atoms with Crippen molar-refractivity contribution in [2.75, 3.05) is 14.1 Å². The van der Waals surface area contributed by atoms with E-state index in [1.807, 2.05) is 21.0 Å². The van der Waals surface area contributed by atoms with E-state index >= 15 is 0 Å². The van der Waals surface area contributed by atoms with Gasteiger partial charge in [0, 0.05) is 30.8 Å². The van der Waals surface area contributed by atoms with E-state index < -0.39 is 0 Å². The van der Waals surface area contributed by atoms with Gasteiger partial charge in [-0.2, -0.15) is 0 Å². The number of Topliss-reactive ketones (excluding diaryl/α,β-unsaturated/α-hetero) is 1. The molecule has 4 heteroatoms. The van der Waals surface area contributed by atoms with E-state index in [-0.39, 0.29) is 50.5 Å². The molecule has 7 atom stereocenters. The number of carbonyl (C=O) groups is 3. The summed E-state index contributed by atoms with van der Waals surface area (Å²) in [4.78, 5) is 40.2. The molecule has 0 aromatic rings. The molecule has 5 rings (SSSR count). The Morgan fingerprint density at radius 2 is 1.57 bits per heavy atom. The summed E-state index contributed by atoms with van der Waals surface area (Å²) in [6, 6.07) is 0. The molecular weight excluding hydrogens is 434 g/mol. The summed E-state index contributed by atoms with van der Waals surface area (Å²) in [5.41, 5.74) is 3.36. The van der Waals surface area contributed by atoms with Gasteiger partial charge in [0.1, 0.15) is 0 Å². The first kappa shape index (κ1) is 24.7. The molecule has 0 aromatic carbocycles. The van der Waals surface area contributed by atoms with Crippen molar-refractivity contribution in [3.05, 3.63) is 34.9 Å². The SMILES string of the molecule is CC1C(=O)C(=O)C=C2C1=CC=C1[C@@]2(C)CC[C@@]2(C)[C@@H]3C[C@](C)(C(=O)N(C)C)CC[C@]3(C)CC[C@]12C. The predicted octanol–water partition coefficient (Wildman–Crippen LogP) is 6.07. The van der Waals surface area contributed by atoms with Crippen molar-refractivity contribution in [1.82, 2.24) is 4.90 Å². The molecule has 0 radical (unpaired) electrons. The van der Waals surface area contributed by atoms with Crippen LogP contribution in [-0.4, -0.2) is 36.5 Å².